The first kappa shape index (κ1) is 17.7. The fraction of sp³-hybridized carbons (Fsp3) is 0.846. The van der Waals surface area contributed by atoms with Gasteiger partial charge in [-0.3, -0.25) is 4.79 Å². The first-order valence-electron chi connectivity index (χ1n) is 6.64. The predicted molar refractivity (Wildman–Crippen MR) is 75.0 cm³/mol. The third-order valence-corrected chi connectivity index (χ3v) is 2.43. The molecule has 0 radical (unpaired) electrons. The highest BCUT2D eigenvalue weighted by atomic mass is 16.6. The zero-order valence-electron chi connectivity index (χ0n) is 12.9. The van der Waals surface area contributed by atoms with Crippen molar-refractivity contribution in [3.63, 3.8) is 0 Å². The van der Waals surface area contributed by atoms with E-state index in [1.807, 2.05) is 14.0 Å². The molecule has 0 fully saturated rings. The number of amides is 2. The Morgan fingerprint density at radius 3 is 2.32 bits per heavy atom. The van der Waals surface area contributed by atoms with Gasteiger partial charge in [0.25, 0.3) is 0 Å². The zero-order valence-corrected chi connectivity index (χ0v) is 12.9. The maximum Gasteiger partial charge on any atom is 0.408 e. The molecule has 0 bridgehead atoms. The lowest BCUT2D eigenvalue weighted by Gasteiger charge is -2.26. The lowest BCUT2D eigenvalue weighted by Crippen LogP contribution is -2.49. The van der Waals surface area contributed by atoms with E-state index in [1.54, 1.807) is 32.6 Å². The molecule has 0 heterocycles. The van der Waals surface area contributed by atoms with Gasteiger partial charge in [-0.15, -0.1) is 0 Å². The van der Waals surface area contributed by atoms with Crippen molar-refractivity contribution in [3.05, 3.63) is 0 Å². The second-order valence-corrected chi connectivity index (χ2v) is 5.39. The number of hydrogen-bond donors (Lipinski definition) is 2. The van der Waals surface area contributed by atoms with Crippen molar-refractivity contribution in [2.45, 2.75) is 46.3 Å². The highest BCUT2D eigenvalue weighted by Gasteiger charge is 2.23. The summed E-state index contributed by atoms with van der Waals surface area (Å²) in [6.45, 7) is 10.9. The van der Waals surface area contributed by atoms with Crippen LogP contribution < -0.4 is 10.6 Å². The van der Waals surface area contributed by atoms with E-state index in [-0.39, 0.29) is 5.91 Å². The quantitative estimate of drug-likeness (QED) is 0.756. The molecule has 2 N–H and O–H groups in total. The van der Waals surface area contributed by atoms with Crippen molar-refractivity contribution in [1.29, 1.82) is 0 Å². The molecule has 0 aromatic heterocycles. The lowest BCUT2D eigenvalue weighted by atomic mass is 10.2. The predicted octanol–water partition coefficient (Wildman–Crippen LogP) is 0.968. The molecule has 112 valence electrons. The first-order chi connectivity index (χ1) is 8.71. The summed E-state index contributed by atoms with van der Waals surface area (Å²) in [7, 11) is 1.83. The van der Waals surface area contributed by atoms with Gasteiger partial charge in [-0.1, -0.05) is 0 Å². The molecule has 0 aliphatic carbocycles. The minimum Gasteiger partial charge on any atom is -0.444 e. The Kier molecular flexibility index (Phi) is 7.44. The van der Waals surface area contributed by atoms with Crippen LogP contribution in [0.15, 0.2) is 0 Å². The summed E-state index contributed by atoms with van der Waals surface area (Å²) in [6, 6.07) is -0.591. The number of carbonyl (C=O) groups is 2. The van der Waals surface area contributed by atoms with E-state index < -0.39 is 17.7 Å². The Morgan fingerprint density at radius 2 is 1.89 bits per heavy atom. The number of ether oxygens (including phenoxy) is 1. The summed E-state index contributed by atoms with van der Waals surface area (Å²) in [4.78, 5) is 25.4. The van der Waals surface area contributed by atoms with Crippen molar-refractivity contribution < 1.29 is 14.3 Å². The largest absolute Gasteiger partial charge is 0.444 e. The SMILES string of the molecule is CCN(CCNC)C(=O)[C@H](C)NC(=O)OC(C)(C)C. The Balaban J connectivity index is 4.35. The van der Waals surface area contributed by atoms with Crippen LogP contribution in [0.3, 0.4) is 0 Å². The Morgan fingerprint density at radius 1 is 1.32 bits per heavy atom. The second kappa shape index (κ2) is 7.99. The molecule has 19 heavy (non-hydrogen) atoms. The zero-order chi connectivity index (χ0) is 15.1. The first-order valence-corrected chi connectivity index (χ1v) is 6.64. The smallest absolute Gasteiger partial charge is 0.408 e. The summed E-state index contributed by atoms with van der Waals surface area (Å²) in [5, 5.41) is 5.55. The van der Waals surface area contributed by atoms with E-state index >= 15 is 0 Å². The fourth-order valence-corrected chi connectivity index (χ4v) is 1.49. The van der Waals surface area contributed by atoms with Crippen LogP contribution in [0, 0.1) is 0 Å². The molecular formula is C13H27N3O3. The molecule has 6 nitrogen and oxygen atoms in total. The van der Waals surface area contributed by atoms with Gasteiger partial charge in [0.05, 0.1) is 0 Å². The number of alkyl carbamates (subject to hydrolysis) is 1. The molecule has 0 rings (SSSR count). The molecule has 6 heteroatoms. The van der Waals surface area contributed by atoms with E-state index in [2.05, 4.69) is 10.6 Å². The van der Waals surface area contributed by atoms with Gasteiger partial charge in [0.2, 0.25) is 5.91 Å². The van der Waals surface area contributed by atoms with Crippen LogP contribution in [0.1, 0.15) is 34.6 Å². The topological polar surface area (TPSA) is 70.7 Å². The van der Waals surface area contributed by atoms with Gasteiger partial charge >= 0.3 is 6.09 Å². The number of likely N-dealkylation sites (N-methyl/N-ethyl adjacent to an activating group) is 2. The van der Waals surface area contributed by atoms with Gasteiger partial charge in [0.1, 0.15) is 11.6 Å². The minimum absolute atomic E-state index is 0.108. The van der Waals surface area contributed by atoms with Crippen LogP contribution in [0.4, 0.5) is 4.79 Å². The molecule has 1 atom stereocenters. The van der Waals surface area contributed by atoms with Crippen molar-refractivity contribution in [1.82, 2.24) is 15.5 Å². The summed E-state index contributed by atoms with van der Waals surface area (Å²) in [6.07, 6.45) is -0.571. The molecule has 0 spiro atoms. The van der Waals surface area contributed by atoms with E-state index in [0.717, 1.165) is 6.54 Å². The summed E-state index contributed by atoms with van der Waals surface area (Å²) in [5.41, 5.74) is -0.566. The number of carbonyl (C=O) groups excluding carboxylic acids is 2. The van der Waals surface area contributed by atoms with Gasteiger partial charge < -0.3 is 20.3 Å². The van der Waals surface area contributed by atoms with Crippen LogP contribution in [-0.2, 0) is 9.53 Å². The third-order valence-electron chi connectivity index (χ3n) is 2.43. The average Bonchev–Trinajstić information content (AvgIpc) is 2.26. The third kappa shape index (κ3) is 7.66. The van der Waals surface area contributed by atoms with Gasteiger partial charge in [0, 0.05) is 19.6 Å². The van der Waals surface area contributed by atoms with Gasteiger partial charge in [-0.05, 0) is 41.7 Å². The van der Waals surface area contributed by atoms with Crippen LogP contribution in [-0.4, -0.2) is 55.2 Å². The van der Waals surface area contributed by atoms with E-state index in [4.69, 9.17) is 4.74 Å². The van der Waals surface area contributed by atoms with Crippen LogP contribution in [0.5, 0.6) is 0 Å². The summed E-state index contributed by atoms with van der Waals surface area (Å²) >= 11 is 0. The van der Waals surface area contributed by atoms with E-state index in [9.17, 15) is 9.59 Å². The van der Waals surface area contributed by atoms with Crippen LogP contribution in [0.2, 0.25) is 0 Å². The Bertz CT molecular complexity index is 300. The molecule has 0 aliphatic rings. The number of rotatable bonds is 6. The lowest BCUT2D eigenvalue weighted by molar-refractivity contribution is -0.132. The highest BCUT2D eigenvalue weighted by Crippen LogP contribution is 2.07. The van der Waals surface area contributed by atoms with E-state index in [0.29, 0.717) is 13.1 Å². The maximum atomic E-state index is 12.1. The standard InChI is InChI=1S/C13H27N3O3/c1-7-16(9-8-14-6)11(17)10(2)15-12(18)19-13(3,4)5/h10,14H,7-9H2,1-6H3,(H,15,18)/t10-/m0/s1. The minimum atomic E-state index is -0.591. The molecule has 0 aliphatic heterocycles. The molecule has 0 unspecified atom stereocenters. The number of nitrogens with zero attached hydrogens (tertiary/aromatic N) is 1. The van der Waals surface area contributed by atoms with Crippen molar-refractivity contribution in [3.8, 4) is 0 Å². The monoisotopic (exact) mass is 273 g/mol. The highest BCUT2D eigenvalue weighted by molar-refractivity contribution is 5.85. The number of nitrogens with one attached hydrogen (secondary N) is 2. The van der Waals surface area contributed by atoms with Crippen molar-refractivity contribution in [2.24, 2.45) is 0 Å². The second-order valence-electron chi connectivity index (χ2n) is 5.39. The molecule has 0 saturated heterocycles. The number of hydrogen-bond acceptors (Lipinski definition) is 4. The molecule has 0 saturated carbocycles. The molecular weight excluding hydrogens is 246 g/mol. The average molecular weight is 273 g/mol. The van der Waals surface area contributed by atoms with Gasteiger partial charge in [0.15, 0.2) is 0 Å². The summed E-state index contributed by atoms with van der Waals surface area (Å²) in [5.74, 6) is -0.108. The van der Waals surface area contributed by atoms with E-state index in [1.165, 1.54) is 0 Å². The Hall–Kier alpha value is -1.30. The van der Waals surface area contributed by atoms with Gasteiger partial charge in [-0.25, -0.2) is 4.79 Å². The van der Waals surface area contributed by atoms with Crippen molar-refractivity contribution in [2.75, 3.05) is 26.7 Å². The van der Waals surface area contributed by atoms with Crippen LogP contribution >= 0.6 is 0 Å². The van der Waals surface area contributed by atoms with Crippen LogP contribution in [0.25, 0.3) is 0 Å². The molecule has 0 aromatic carbocycles. The summed E-state index contributed by atoms with van der Waals surface area (Å²) < 4.78 is 5.12. The van der Waals surface area contributed by atoms with Gasteiger partial charge in [-0.2, -0.15) is 0 Å². The fourth-order valence-electron chi connectivity index (χ4n) is 1.49. The maximum absolute atomic E-state index is 12.1. The molecule has 0 aromatic rings. The van der Waals surface area contributed by atoms with Crippen molar-refractivity contribution >= 4 is 12.0 Å². The normalized spacial score (nSPS) is 12.7. The molecule has 2 amide bonds. The Labute approximate surface area is 115 Å².